The first-order valence-corrected chi connectivity index (χ1v) is 6.46. The molecule has 0 spiro atoms. The molecule has 3 rings (SSSR count). The summed E-state index contributed by atoms with van der Waals surface area (Å²) in [6, 6.07) is 5.04. The first-order valence-electron chi connectivity index (χ1n) is 5.67. The molecule has 1 aromatic heterocycles. The topological polar surface area (TPSA) is 77.8 Å². The van der Waals surface area contributed by atoms with Crippen LogP contribution in [0.25, 0.3) is 11.0 Å². The van der Waals surface area contributed by atoms with E-state index >= 15 is 0 Å². The second kappa shape index (κ2) is 4.37. The molecule has 0 unspecified atom stereocenters. The first-order chi connectivity index (χ1) is 8.63. The highest BCUT2D eigenvalue weighted by atomic mass is 79.9. The van der Waals surface area contributed by atoms with Gasteiger partial charge in [0.1, 0.15) is 0 Å². The van der Waals surface area contributed by atoms with Gasteiger partial charge in [0.05, 0.1) is 11.0 Å². The molecular weight excluding hydrogens is 298 g/mol. The fraction of sp³-hybridized carbons (Fsp3) is 0.250. The van der Waals surface area contributed by atoms with Gasteiger partial charge in [-0.2, -0.15) is 0 Å². The summed E-state index contributed by atoms with van der Waals surface area (Å²) in [4.78, 5) is 27.9. The summed E-state index contributed by atoms with van der Waals surface area (Å²) in [5.74, 6) is 0. The highest BCUT2D eigenvalue weighted by molar-refractivity contribution is 9.10. The molecule has 1 aliphatic rings. The van der Waals surface area contributed by atoms with Crippen molar-refractivity contribution in [2.75, 3.05) is 0 Å². The van der Waals surface area contributed by atoms with Crippen LogP contribution in [0, 0.1) is 6.04 Å². The monoisotopic (exact) mass is 308 g/mol. The van der Waals surface area contributed by atoms with E-state index in [0.717, 1.165) is 22.9 Å². The molecule has 1 aliphatic carbocycles. The first kappa shape index (κ1) is 11.7. The van der Waals surface area contributed by atoms with Gasteiger partial charge in [-0.1, -0.05) is 15.9 Å². The van der Waals surface area contributed by atoms with Crippen LogP contribution < -0.4 is 16.4 Å². The lowest BCUT2D eigenvalue weighted by Crippen LogP contribution is -2.29. The van der Waals surface area contributed by atoms with Gasteiger partial charge < -0.3 is 15.3 Å². The Morgan fingerprint density at radius 3 is 2.61 bits per heavy atom. The van der Waals surface area contributed by atoms with Gasteiger partial charge >= 0.3 is 11.1 Å². The minimum Gasteiger partial charge on any atom is -0.316 e. The number of hydrogen-bond donors (Lipinski definition) is 3. The summed E-state index contributed by atoms with van der Waals surface area (Å²) in [5, 5.41) is 3.31. The number of halogens is 1. The molecule has 0 saturated heterocycles. The van der Waals surface area contributed by atoms with E-state index in [1.807, 2.05) is 6.07 Å². The van der Waals surface area contributed by atoms with Crippen molar-refractivity contribution in [1.82, 2.24) is 15.3 Å². The Balaban J connectivity index is 2.12. The van der Waals surface area contributed by atoms with Crippen molar-refractivity contribution in [3.05, 3.63) is 48.9 Å². The number of hydrogen-bond acceptors (Lipinski definition) is 3. The van der Waals surface area contributed by atoms with Crippen molar-refractivity contribution < 1.29 is 0 Å². The molecule has 6 heteroatoms. The molecule has 1 aromatic carbocycles. The lowest BCUT2D eigenvalue weighted by atomic mass is 10.1. The Kier molecular flexibility index (Phi) is 2.83. The fourth-order valence-electron chi connectivity index (χ4n) is 1.86. The zero-order valence-electron chi connectivity index (χ0n) is 9.47. The molecule has 5 nitrogen and oxygen atoms in total. The van der Waals surface area contributed by atoms with Crippen LogP contribution in [0.3, 0.4) is 0 Å². The Labute approximate surface area is 111 Å². The smallest absolute Gasteiger partial charge is 0.314 e. The van der Waals surface area contributed by atoms with Crippen LogP contribution in [0.1, 0.15) is 18.4 Å². The Bertz CT molecular complexity index is 715. The highest BCUT2D eigenvalue weighted by Gasteiger charge is 2.21. The normalized spacial score (nSPS) is 15.2. The lowest BCUT2D eigenvalue weighted by molar-refractivity contribution is 0.786. The van der Waals surface area contributed by atoms with Crippen LogP contribution in [-0.2, 0) is 6.54 Å². The molecule has 1 heterocycles. The highest BCUT2D eigenvalue weighted by Crippen LogP contribution is 2.29. The molecule has 2 aromatic rings. The average Bonchev–Trinajstić information content (AvgIpc) is 3.12. The molecule has 1 radical (unpaired) electrons. The van der Waals surface area contributed by atoms with Crippen molar-refractivity contribution in [2.45, 2.75) is 19.4 Å². The predicted molar refractivity (Wildman–Crippen MR) is 72.2 cm³/mol. The van der Waals surface area contributed by atoms with Crippen molar-refractivity contribution in [1.29, 1.82) is 0 Å². The van der Waals surface area contributed by atoms with Crippen LogP contribution >= 0.6 is 15.9 Å². The Morgan fingerprint density at radius 2 is 1.89 bits per heavy atom. The average molecular weight is 309 g/mol. The van der Waals surface area contributed by atoms with Gasteiger partial charge in [0.25, 0.3) is 0 Å². The quantitative estimate of drug-likeness (QED) is 0.750. The van der Waals surface area contributed by atoms with Crippen molar-refractivity contribution in [3.8, 4) is 0 Å². The molecule has 1 saturated carbocycles. The largest absolute Gasteiger partial charge is 0.316 e. The van der Waals surface area contributed by atoms with E-state index in [1.54, 1.807) is 6.07 Å². The van der Waals surface area contributed by atoms with Crippen LogP contribution in [0.2, 0.25) is 0 Å². The van der Waals surface area contributed by atoms with E-state index in [9.17, 15) is 9.59 Å². The van der Waals surface area contributed by atoms with E-state index in [2.05, 4.69) is 31.2 Å². The molecule has 0 bridgehead atoms. The molecule has 18 heavy (non-hydrogen) atoms. The van der Waals surface area contributed by atoms with Gasteiger partial charge in [-0.15, -0.1) is 0 Å². The number of benzene rings is 1. The zero-order valence-corrected chi connectivity index (χ0v) is 11.1. The summed E-state index contributed by atoms with van der Waals surface area (Å²) in [5.41, 5.74) is 1.01. The standard InChI is InChI=1S/C12H11BrN3O2/c13-7-3-6(5-14-8-1-2-8)10-9(4-7)15-11(17)12(18)16-10/h3-4,14H,1-2,5H2,(H,15,17)(H,16,18). The maximum atomic E-state index is 11.4. The van der Waals surface area contributed by atoms with E-state index in [1.165, 1.54) is 6.04 Å². The maximum Gasteiger partial charge on any atom is 0.314 e. The molecular formula is C12H11BrN3O2. The summed E-state index contributed by atoms with van der Waals surface area (Å²) in [6.07, 6.45) is 2.25. The van der Waals surface area contributed by atoms with Crippen LogP contribution in [-0.4, -0.2) is 9.97 Å². The van der Waals surface area contributed by atoms with E-state index < -0.39 is 11.1 Å². The Hall–Kier alpha value is -1.40. The van der Waals surface area contributed by atoms with Crippen LogP contribution in [0.5, 0.6) is 0 Å². The number of H-pyrrole nitrogens is 2. The van der Waals surface area contributed by atoms with Crippen LogP contribution in [0.4, 0.5) is 0 Å². The maximum absolute atomic E-state index is 11.4. The SMILES string of the molecule is O=c1[nH]c2cc(Br)cc(CN[C]3CC3)c2[nH]c1=O. The number of aromatic amines is 2. The molecule has 0 amide bonds. The third kappa shape index (κ3) is 2.26. The Morgan fingerprint density at radius 1 is 1.17 bits per heavy atom. The van der Waals surface area contributed by atoms with Crippen LogP contribution in [0.15, 0.2) is 26.2 Å². The third-order valence-electron chi connectivity index (χ3n) is 2.91. The number of aromatic nitrogens is 2. The van der Waals surface area contributed by atoms with Crippen molar-refractivity contribution in [2.24, 2.45) is 0 Å². The summed E-state index contributed by atoms with van der Waals surface area (Å²) >= 11 is 3.40. The van der Waals surface area contributed by atoms with E-state index in [0.29, 0.717) is 17.6 Å². The number of nitrogens with one attached hydrogen (secondary N) is 3. The van der Waals surface area contributed by atoms with E-state index in [-0.39, 0.29) is 0 Å². The number of fused-ring (bicyclic) bond motifs is 1. The number of rotatable bonds is 3. The van der Waals surface area contributed by atoms with E-state index in [4.69, 9.17) is 0 Å². The minimum absolute atomic E-state index is 0.620. The van der Waals surface area contributed by atoms with Gasteiger partial charge in [0, 0.05) is 17.1 Å². The van der Waals surface area contributed by atoms with Gasteiger partial charge in [0.2, 0.25) is 0 Å². The molecule has 3 N–H and O–H groups in total. The van der Waals surface area contributed by atoms with Gasteiger partial charge in [-0.25, -0.2) is 0 Å². The third-order valence-corrected chi connectivity index (χ3v) is 3.36. The van der Waals surface area contributed by atoms with Gasteiger partial charge in [-0.3, -0.25) is 9.59 Å². The predicted octanol–water partition coefficient (Wildman–Crippen LogP) is 1.39. The van der Waals surface area contributed by atoms with Crippen molar-refractivity contribution in [3.63, 3.8) is 0 Å². The van der Waals surface area contributed by atoms with Crippen molar-refractivity contribution >= 4 is 27.0 Å². The zero-order chi connectivity index (χ0) is 12.7. The molecule has 0 atom stereocenters. The molecule has 93 valence electrons. The fourth-order valence-corrected chi connectivity index (χ4v) is 2.36. The minimum atomic E-state index is -0.629. The second-order valence-corrected chi connectivity index (χ2v) is 5.27. The molecule has 0 aliphatic heterocycles. The molecule has 1 fully saturated rings. The lowest BCUT2D eigenvalue weighted by Gasteiger charge is -2.07. The van der Waals surface area contributed by atoms with Gasteiger partial charge in [0.15, 0.2) is 0 Å². The summed E-state index contributed by atoms with van der Waals surface area (Å²) in [6.45, 7) is 0.646. The summed E-state index contributed by atoms with van der Waals surface area (Å²) < 4.78 is 0.871. The van der Waals surface area contributed by atoms with Gasteiger partial charge in [-0.05, 0) is 30.5 Å². The second-order valence-electron chi connectivity index (χ2n) is 4.35. The summed E-state index contributed by atoms with van der Waals surface area (Å²) in [7, 11) is 0.